The fourth-order valence-electron chi connectivity index (χ4n) is 2.26. The highest BCUT2D eigenvalue weighted by atomic mass is 32.1. The van der Waals surface area contributed by atoms with Crippen LogP contribution < -0.4 is 4.74 Å². The van der Waals surface area contributed by atoms with Crippen molar-refractivity contribution in [1.29, 1.82) is 0 Å². The van der Waals surface area contributed by atoms with Crippen molar-refractivity contribution < 1.29 is 23.5 Å². The molecule has 3 aromatic rings. The van der Waals surface area contributed by atoms with Crippen LogP contribution in [0.3, 0.4) is 0 Å². The molecular weight excluding hydrogens is 377 g/mol. The van der Waals surface area contributed by atoms with Gasteiger partial charge in [0.1, 0.15) is 21.5 Å². The first kappa shape index (κ1) is 18.2. The molecule has 2 aromatic heterocycles. The van der Waals surface area contributed by atoms with E-state index in [-0.39, 0.29) is 11.3 Å². The Kier molecular flexibility index (Phi) is 5.43. The van der Waals surface area contributed by atoms with E-state index in [2.05, 4.69) is 4.98 Å². The number of halogens is 1. The zero-order valence-corrected chi connectivity index (χ0v) is 15.6. The topological polar surface area (TPSA) is 65.5 Å². The Labute approximate surface area is 157 Å². The third-order valence-electron chi connectivity index (χ3n) is 3.51. The number of nitrogens with zero attached hydrogens (tertiary/aromatic N) is 1. The average molecular weight is 391 g/mol. The second-order valence-corrected chi connectivity index (χ2v) is 7.20. The van der Waals surface area contributed by atoms with Crippen LogP contribution in [0.5, 0.6) is 5.75 Å². The molecule has 0 saturated heterocycles. The van der Waals surface area contributed by atoms with Crippen LogP contribution >= 0.6 is 22.7 Å². The number of carbonyl (C=O) groups excluding carboxylic acids is 2. The number of hydrogen-bond donors (Lipinski definition) is 0. The Balaban J connectivity index is 1.71. The van der Waals surface area contributed by atoms with Crippen molar-refractivity contribution in [3.05, 3.63) is 57.7 Å². The molecule has 0 aliphatic carbocycles. The van der Waals surface area contributed by atoms with Crippen LogP contribution in [0.2, 0.25) is 0 Å². The van der Waals surface area contributed by atoms with Crippen molar-refractivity contribution in [3.8, 4) is 15.6 Å². The van der Waals surface area contributed by atoms with Gasteiger partial charge in [-0.25, -0.2) is 14.2 Å². The van der Waals surface area contributed by atoms with E-state index in [0.717, 1.165) is 16.0 Å². The first-order valence-electron chi connectivity index (χ1n) is 7.54. The molecule has 0 aliphatic rings. The molecule has 0 saturated carbocycles. The quantitative estimate of drug-likeness (QED) is 0.461. The molecular formula is C18H14FNO4S2. The number of ether oxygens (including phenoxy) is 2. The number of Topliss-reactive ketones (excluding diaryl/α,β-unsaturated/α-hetero) is 1. The summed E-state index contributed by atoms with van der Waals surface area (Å²) >= 11 is 2.73. The maximum Gasteiger partial charge on any atom is 0.350 e. The molecule has 0 fully saturated rings. The Bertz CT molecular complexity index is 950. The predicted octanol–water partition coefficient (Wildman–Crippen LogP) is 4.37. The number of ketones is 1. The van der Waals surface area contributed by atoms with E-state index in [1.165, 1.54) is 41.9 Å². The molecule has 0 atom stereocenters. The highest BCUT2D eigenvalue weighted by Gasteiger charge is 2.21. The van der Waals surface area contributed by atoms with E-state index < -0.39 is 24.2 Å². The number of aryl methyl sites for hydroxylation is 1. The third kappa shape index (κ3) is 3.81. The van der Waals surface area contributed by atoms with E-state index in [1.807, 2.05) is 17.5 Å². The molecule has 0 aliphatic heterocycles. The van der Waals surface area contributed by atoms with Crippen LogP contribution in [-0.4, -0.2) is 30.5 Å². The van der Waals surface area contributed by atoms with Crippen LogP contribution in [0.25, 0.3) is 9.88 Å². The molecule has 0 spiro atoms. The molecule has 0 radical (unpaired) electrons. The SMILES string of the molecule is COc1ccc(F)cc1C(=O)COC(=O)c1sc(-c2cccs2)nc1C. The first-order chi connectivity index (χ1) is 12.5. The number of hydrogen-bond acceptors (Lipinski definition) is 7. The second-order valence-electron chi connectivity index (χ2n) is 5.25. The van der Waals surface area contributed by atoms with Crippen molar-refractivity contribution >= 4 is 34.4 Å². The summed E-state index contributed by atoms with van der Waals surface area (Å²) < 4.78 is 23.5. The van der Waals surface area contributed by atoms with Gasteiger partial charge in [0.05, 0.1) is 23.2 Å². The average Bonchev–Trinajstić information content (AvgIpc) is 3.28. The van der Waals surface area contributed by atoms with Gasteiger partial charge in [-0.2, -0.15) is 0 Å². The number of methoxy groups -OCH3 is 1. The summed E-state index contributed by atoms with van der Waals surface area (Å²) in [7, 11) is 1.38. The van der Waals surface area contributed by atoms with Gasteiger partial charge in [-0.15, -0.1) is 22.7 Å². The Morgan fingerprint density at radius 3 is 2.77 bits per heavy atom. The number of benzene rings is 1. The van der Waals surface area contributed by atoms with Gasteiger partial charge in [0.2, 0.25) is 5.78 Å². The summed E-state index contributed by atoms with van der Waals surface area (Å²) in [5.41, 5.74) is 0.569. The lowest BCUT2D eigenvalue weighted by molar-refractivity contribution is 0.0477. The lowest BCUT2D eigenvalue weighted by Crippen LogP contribution is -2.15. The lowest BCUT2D eigenvalue weighted by Gasteiger charge is -2.08. The molecule has 0 unspecified atom stereocenters. The molecule has 3 rings (SSSR count). The molecule has 8 heteroatoms. The second kappa shape index (κ2) is 7.76. The van der Waals surface area contributed by atoms with Gasteiger partial charge >= 0.3 is 5.97 Å². The van der Waals surface area contributed by atoms with Gasteiger partial charge in [0, 0.05) is 0 Å². The number of thiazole rings is 1. The van der Waals surface area contributed by atoms with Gasteiger partial charge in [-0.3, -0.25) is 4.79 Å². The number of esters is 1. The van der Waals surface area contributed by atoms with Gasteiger partial charge in [0.15, 0.2) is 6.61 Å². The zero-order chi connectivity index (χ0) is 18.7. The van der Waals surface area contributed by atoms with Crippen LogP contribution in [-0.2, 0) is 4.74 Å². The highest BCUT2D eigenvalue weighted by Crippen LogP contribution is 2.31. The standard InChI is InChI=1S/C18H14FNO4S2/c1-10-16(26-17(20-10)15-4-3-7-25-15)18(22)24-9-13(21)12-8-11(19)5-6-14(12)23-2/h3-8H,9H2,1-2H3. The fraction of sp³-hybridized carbons (Fsp3) is 0.167. The summed E-state index contributed by atoms with van der Waals surface area (Å²) in [4.78, 5) is 30.2. The van der Waals surface area contributed by atoms with E-state index in [0.29, 0.717) is 10.6 Å². The van der Waals surface area contributed by atoms with Crippen molar-refractivity contribution in [2.45, 2.75) is 6.92 Å². The van der Waals surface area contributed by atoms with Gasteiger partial charge in [0.25, 0.3) is 0 Å². The third-order valence-corrected chi connectivity index (χ3v) is 5.69. The molecule has 0 amide bonds. The summed E-state index contributed by atoms with van der Waals surface area (Å²) in [6.07, 6.45) is 0. The highest BCUT2D eigenvalue weighted by molar-refractivity contribution is 7.22. The number of thiophene rings is 1. The smallest absolute Gasteiger partial charge is 0.350 e. The molecule has 5 nitrogen and oxygen atoms in total. The molecule has 26 heavy (non-hydrogen) atoms. The van der Waals surface area contributed by atoms with Crippen molar-refractivity contribution in [1.82, 2.24) is 4.98 Å². The largest absolute Gasteiger partial charge is 0.496 e. The van der Waals surface area contributed by atoms with Crippen molar-refractivity contribution in [3.63, 3.8) is 0 Å². The van der Waals surface area contributed by atoms with Gasteiger partial charge in [-0.1, -0.05) is 6.07 Å². The lowest BCUT2D eigenvalue weighted by atomic mass is 10.1. The Hall–Kier alpha value is -2.58. The maximum atomic E-state index is 13.4. The minimum atomic E-state index is -0.633. The number of aromatic nitrogens is 1. The molecule has 0 N–H and O–H groups in total. The predicted molar refractivity (Wildman–Crippen MR) is 97.7 cm³/mol. The Morgan fingerprint density at radius 1 is 1.27 bits per heavy atom. The first-order valence-corrected chi connectivity index (χ1v) is 9.24. The van der Waals surface area contributed by atoms with Gasteiger partial charge in [-0.05, 0) is 36.6 Å². The van der Waals surface area contributed by atoms with E-state index in [9.17, 15) is 14.0 Å². The maximum absolute atomic E-state index is 13.4. The van der Waals surface area contributed by atoms with E-state index >= 15 is 0 Å². The van der Waals surface area contributed by atoms with Crippen LogP contribution in [0.15, 0.2) is 35.7 Å². The van der Waals surface area contributed by atoms with Crippen molar-refractivity contribution in [2.75, 3.05) is 13.7 Å². The molecule has 134 valence electrons. The Morgan fingerprint density at radius 2 is 2.08 bits per heavy atom. The monoisotopic (exact) mass is 391 g/mol. The number of carbonyl (C=O) groups is 2. The molecule has 1 aromatic carbocycles. The molecule has 2 heterocycles. The van der Waals surface area contributed by atoms with Crippen molar-refractivity contribution in [2.24, 2.45) is 0 Å². The van der Waals surface area contributed by atoms with E-state index in [4.69, 9.17) is 9.47 Å². The number of rotatable bonds is 6. The minimum absolute atomic E-state index is 0.0283. The summed E-state index contributed by atoms with van der Waals surface area (Å²) in [6.45, 7) is 1.20. The van der Waals surface area contributed by atoms with Gasteiger partial charge < -0.3 is 9.47 Å². The summed E-state index contributed by atoms with van der Waals surface area (Å²) in [5.74, 6) is -1.53. The van der Waals surface area contributed by atoms with Crippen LogP contribution in [0.1, 0.15) is 25.7 Å². The fourth-order valence-corrected chi connectivity index (χ4v) is 4.02. The summed E-state index contributed by atoms with van der Waals surface area (Å²) in [5, 5.41) is 2.65. The zero-order valence-electron chi connectivity index (χ0n) is 13.9. The van der Waals surface area contributed by atoms with Crippen LogP contribution in [0, 0.1) is 12.7 Å². The normalized spacial score (nSPS) is 10.6. The summed E-state index contributed by atoms with van der Waals surface area (Å²) in [6, 6.07) is 7.42. The van der Waals surface area contributed by atoms with Crippen LogP contribution in [0.4, 0.5) is 4.39 Å². The van der Waals surface area contributed by atoms with E-state index in [1.54, 1.807) is 6.92 Å². The minimum Gasteiger partial charge on any atom is -0.496 e. The molecule has 0 bridgehead atoms.